The van der Waals surface area contributed by atoms with Crippen LogP contribution in [-0.4, -0.2) is 45.7 Å². The average Bonchev–Trinajstić information content (AvgIpc) is 3.55. The number of carboxylic acids is 1. The van der Waals surface area contributed by atoms with Gasteiger partial charge in [0.2, 0.25) is 11.9 Å². The van der Waals surface area contributed by atoms with E-state index in [1.54, 1.807) is 24.3 Å². The molecule has 0 fully saturated rings. The minimum Gasteiger partial charge on any atom is -0.495 e. The molecule has 0 aliphatic carbocycles. The molecule has 1 unspecified atom stereocenters. The van der Waals surface area contributed by atoms with E-state index in [1.807, 2.05) is 72.1 Å². The SMILES string of the molecule is COc1ccccc1NC(=O)Nc1nc(Nc2ccccc2-c2ccccc2)nc(C(NCCC(=O)O)c2cccs2)n1. The largest absolute Gasteiger partial charge is 0.495 e. The molecule has 12 heteroatoms. The first-order valence-electron chi connectivity index (χ1n) is 13.4. The summed E-state index contributed by atoms with van der Waals surface area (Å²) in [6, 6.07) is 27.3. The lowest BCUT2D eigenvalue weighted by Gasteiger charge is -2.18. The molecule has 0 saturated heterocycles. The van der Waals surface area contributed by atoms with Gasteiger partial charge in [0, 0.05) is 22.7 Å². The molecule has 0 aliphatic heterocycles. The molecule has 2 heterocycles. The summed E-state index contributed by atoms with van der Waals surface area (Å²) in [7, 11) is 1.52. The zero-order chi connectivity index (χ0) is 30.0. The molecule has 218 valence electrons. The van der Waals surface area contributed by atoms with E-state index in [0.717, 1.165) is 21.7 Å². The number of carbonyl (C=O) groups is 2. The second-order valence-corrected chi connectivity index (χ2v) is 10.2. The highest BCUT2D eigenvalue weighted by Crippen LogP contribution is 2.31. The fraction of sp³-hybridized carbons (Fsp3) is 0.129. The number of amides is 2. The van der Waals surface area contributed by atoms with Crippen LogP contribution in [0.2, 0.25) is 0 Å². The molecule has 0 spiro atoms. The average molecular weight is 596 g/mol. The van der Waals surface area contributed by atoms with Crippen LogP contribution in [0.5, 0.6) is 5.75 Å². The molecule has 43 heavy (non-hydrogen) atoms. The van der Waals surface area contributed by atoms with Gasteiger partial charge >= 0.3 is 12.0 Å². The number of hydrogen-bond acceptors (Lipinski definition) is 9. The minimum atomic E-state index is -0.927. The number of carbonyl (C=O) groups excluding carboxylic acids is 1. The standard InChI is InChI=1S/C31H29N7O4S/c1-42-24-15-8-7-14-23(24)34-31(41)38-30-36-28(27(25-16-9-19-43-25)32-18-17-26(39)40)35-29(37-30)33-22-13-6-5-12-21(22)20-10-3-2-4-11-20/h2-16,19,27,32H,17-18H2,1H3,(H,39,40)(H3,33,34,35,36,37,38,41). The maximum atomic E-state index is 13.0. The van der Waals surface area contributed by atoms with Gasteiger partial charge < -0.3 is 25.8 Å². The Morgan fingerprint density at radius 3 is 2.30 bits per heavy atom. The quantitative estimate of drug-likeness (QED) is 0.114. The number of thiophene rings is 1. The van der Waals surface area contributed by atoms with Crippen LogP contribution in [0.25, 0.3) is 11.1 Å². The summed E-state index contributed by atoms with van der Waals surface area (Å²) in [4.78, 5) is 38.9. The second-order valence-electron chi connectivity index (χ2n) is 9.20. The molecule has 0 aliphatic rings. The molecular formula is C31H29N7O4S. The molecule has 0 saturated carbocycles. The molecule has 5 N–H and O–H groups in total. The number of para-hydroxylation sites is 3. The summed E-state index contributed by atoms with van der Waals surface area (Å²) in [6.45, 7) is 0.181. The van der Waals surface area contributed by atoms with Crippen molar-refractivity contribution in [1.29, 1.82) is 0 Å². The van der Waals surface area contributed by atoms with Gasteiger partial charge in [-0.1, -0.05) is 66.7 Å². The van der Waals surface area contributed by atoms with Crippen molar-refractivity contribution in [3.63, 3.8) is 0 Å². The fourth-order valence-electron chi connectivity index (χ4n) is 4.32. The summed E-state index contributed by atoms with van der Waals surface area (Å²) in [6.07, 6.45) is -0.0884. The number of ether oxygens (including phenoxy) is 1. The number of nitrogens with zero attached hydrogens (tertiary/aromatic N) is 3. The molecule has 3 aromatic carbocycles. The van der Waals surface area contributed by atoms with Crippen molar-refractivity contribution < 1.29 is 19.4 Å². The third-order valence-corrected chi connectivity index (χ3v) is 7.20. The number of urea groups is 1. The van der Waals surface area contributed by atoms with Gasteiger partial charge in [0.25, 0.3) is 0 Å². The van der Waals surface area contributed by atoms with Crippen LogP contribution in [0.15, 0.2) is 96.4 Å². The van der Waals surface area contributed by atoms with Crippen molar-refractivity contribution in [3.8, 4) is 16.9 Å². The van der Waals surface area contributed by atoms with Crippen LogP contribution < -0.4 is 26.0 Å². The van der Waals surface area contributed by atoms with Crippen molar-refractivity contribution in [2.24, 2.45) is 0 Å². The van der Waals surface area contributed by atoms with Crippen molar-refractivity contribution in [2.75, 3.05) is 29.6 Å². The number of methoxy groups -OCH3 is 1. The van der Waals surface area contributed by atoms with E-state index in [1.165, 1.54) is 18.4 Å². The van der Waals surface area contributed by atoms with Gasteiger partial charge in [-0.2, -0.15) is 15.0 Å². The van der Waals surface area contributed by atoms with Crippen LogP contribution in [0.4, 0.5) is 28.1 Å². The lowest BCUT2D eigenvalue weighted by Crippen LogP contribution is -2.28. The second kappa shape index (κ2) is 14.0. The van der Waals surface area contributed by atoms with Crippen molar-refractivity contribution in [2.45, 2.75) is 12.5 Å². The van der Waals surface area contributed by atoms with Gasteiger partial charge in [-0.25, -0.2) is 4.79 Å². The van der Waals surface area contributed by atoms with Crippen molar-refractivity contribution >= 4 is 46.6 Å². The first kappa shape index (κ1) is 29.2. The lowest BCUT2D eigenvalue weighted by molar-refractivity contribution is -0.136. The summed E-state index contributed by atoms with van der Waals surface area (Å²) in [5.41, 5.74) is 3.16. The normalized spacial score (nSPS) is 11.4. The molecule has 5 rings (SSSR count). The number of hydrogen-bond donors (Lipinski definition) is 5. The number of carboxylic acid groups (broad SMARTS) is 1. The molecule has 2 aromatic heterocycles. The summed E-state index contributed by atoms with van der Waals surface area (Å²) >= 11 is 1.48. The maximum absolute atomic E-state index is 13.0. The molecule has 2 amide bonds. The predicted octanol–water partition coefficient (Wildman–Crippen LogP) is 6.15. The number of anilines is 4. The molecule has 0 radical (unpaired) electrons. The lowest BCUT2D eigenvalue weighted by atomic mass is 10.0. The number of aromatic nitrogens is 3. The van der Waals surface area contributed by atoms with Crippen molar-refractivity contribution in [1.82, 2.24) is 20.3 Å². The van der Waals surface area contributed by atoms with Crippen LogP contribution in [0, 0.1) is 0 Å². The Balaban J connectivity index is 1.50. The predicted molar refractivity (Wildman–Crippen MR) is 167 cm³/mol. The Labute approximate surface area is 252 Å². The van der Waals surface area contributed by atoms with Gasteiger partial charge in [0.15, 0.2) is 5.82 Å². The molecule has 5 aromatic rings. The Morgan fingerprint density at radius 1 is 0.837 bits per heavy atom. The van der Waals surface area contributed by atoms with Gasteiger partial charge in [-0.05, 0) is 35.2 Å². The summed E-state index contributed by atoms with van der Waals surface area (Å²) in [5, 5.41) is 23.1. The smallest absolute Gasteiger partial charge is 0.326 e. The van der Waals surface area contributed by atoms with E-state index in [4.69, 9.17) is 9.72 Å². The highest BCUT2D eigenvalue weighted by molar-refractivity contribution is 7.10. The summed E-state index contributed by atoms with van der Waals surface area (Å²) < 4.78 is 5.33. The van der Waals surface area contributed by atoms with E-state index in [9.17, 15) is 14.7 Å². The van der Waals surface area contributed by atoms with E-state index in [-0.39, 0.29) is 24.9 Å². The monoisotopic (exact) mass is 595 g/mol. The van der Waals surface area contributed by atoms with E-state index >= 15 is 0 Å². The van der Waals surface area contributed by atoms with Gasteiger partial charge in [-0.15, -0.1) is 11.3 Å². The highest BCUT2D eigenvalue weighted by Gasteiger charge is 2.22. The first-order chi connectivity index (χ1) is 21.0. The van der Waals surface area contributed by atoms with E-state index in [0.29, 0.717) is 17.3 Å². The van der Waals surface area contributed by atoms with Gasteiger partial charge in [-0.3, -0.25) is 10.1 Å². The number of aliphatic carboxylic acids is 1. The van der Waals surface area contributed by atoms with Crippen LogP contribution in [-0.2, 0) is 4.79 Å². The third kappa shape index (κ3) is 7.70. The van der Waals surface area contributed by atoms with E-state index in [2.05, 4.69) is 31.2 Å². The van der Waals surface area contributed by atoms with Crippen LogP contribution in [0.3, 0.4) is 0 Å². The van der Waals surface area contributed by atoms with Gasteiger partial charge in [0.1, 0.15) is 11.8 Å². The fourth-order valence-corrected chi connectivity index (χ4v) is 5.11. The van der Waals surface area contributed by atoms with Crippen LogP contribution >= 0.6 is 11.3 Å². The number of rotatable bonds is 12. The molecule has 11 nitrogen and oxygen atoms in total. The molecule has 1 atom stereocenters. The minimum absolute atomic E-state index is 0.00122. The Morgan fingerprint density at radius 2 is 1.56 bits per heavy atom. The maximum Gasteiger partial charge on any atom is 0.326 e. The number of benzene rings is 3. The Bertz CT molecular complexity index is 1680. The highest BCUT2D eigenvalue weighted by atomic mass is 32.1. The van der Waals surface area contributed by atoms with Gasteiger partial charge in [0.05, 0.1) is 19.2 Å². The zero-order valence-corrected chi connectivity index (χ0v) is 24.0. The van der Waals surface area contributed by atoms with Crippen molar-refractivity contribution in [3.05, 3.63) is 107 Å². The first-order valence-corrected chi connectivity index (χ1v) is 14.2. The Kier molecular flexibility index (Phi) is 9.52. The zero-order valence-electron chi connectivity index (χ0n) is 23.2. The third-order valence-electron chi connectivity index (χ3n) is 6.26. The molecular weight excluding hydrogens is 566 g/mol. The topological polar surface area (TPSA) is 150 Å². The number of nitrogens with one attached hydrogen (secondary N) is 4. The Hall–Kier alpha value is -5.33. The summed E-state index contributed by atoms with van der Waals surface area (Å²) in [5.74, 6) is 0.0638. The van der Waals surface area contributed by atoms with E-state index < -0.39 is 18.0 Å². The van der Waals surface area contributed by atoms with Crippen LogP contribution in [0.1, 0.15) is 23.2 Å². The molecule has 0 bridgehead atoms.